The van der Waals surface area contributed by atoms with Gasteiger partial charge in [0.1, 0.15) is 0 Å². The topological polar surface area (TPSA) is 101 Å². The minimum absolute atomic E-state index is 0.0431. The van der Waals surface area contributed by atoms with Crippen LogP contribution in [0.3, 0.4) is 0 Å². The van der Waals surface area contributed by atoms with Gasteiger partial charge in [0.15, 0.2) is 6.29 Å². The van der Waals surface area contributed by atoms with E-state index in [1.165, 1.54) is 63.5 Å². The van der Waals surface area contributed by atoms with Crippen LogP contribution < -0.4 is 0 Å². The van der Waals surface area contributed by atoms with Crippen LogP contribution in [-0.2, 0) is 23.7 Å². The Hall–Kier alpha value is -2.00. The summed E-state index contributed by atoms with van der Waals surface area (Å²) in [5, 5.41) is 9.32. The van der Waals surface area contributed by atoms with Gasteiger partial charge >= 0.3 is 11.9 Å². The Morgan fingerprint density at radius 1 is 0.763 bits per heavy atom. The van der Waals surface area contributed by atoms with Crippen molar-refractivity contribution in [3.8, 4) is 0 Å². The molecular weight excluding hydrogens is 488 g/mol. The number of esters is 1. The Balaban J connectivity index is 2.61. The van der Waals surface area contributed by atoms with Crippen molar-refractivity contribution in [1.29, 1.82) is 0 Å². The number of rotatable bonds is 23. The molecule has 8 heteroatoms. The number of aromatic carboxylic acids is 1. The van der Waals surface area contributed by atoms with Crippen LogP contribution in [-0.4, -0.2) is 48.8 Å². The largest absolute Gasteiger partial charge is 0.478 e. The average molecular weight is 539 g/mol. The Morgan fingerprint density at radius 3 is 1.74 bits per heavy atom. The molecule has 0 heterocycles. The molecule has 0 aliphatic carbocycles. The van der Waals surface area contributed by atoms with E-state index in [0.717, 1.165) is 25.7 Å². The minimum Gasteiger partial charge on any atom is -0.478 e. The molecule has 0 spiro atoms. The third-order valence-electron chi connectivity index (χ3n) is 6.14. The Bertz CT molecular complexity index is 763. The zero-order chi connectivity index (χ0) is 28.2. The highest BCUT2D eigenvalue weighted by Crippen LogP contribution is 2.21. The van der Waals surface area contributed by atoms with E-state index in [1.807, 2.05) is 0 Å². The van der Waals surface area contributed by atoms with E-state index in [0.29, 0.717) is 13.2 Å². The first-order chi connectivity index (χ1) is 18.2. The average Bonchev–Trinajstić information content (AvgIpc) is 2.87. The Kier molecular flexibility index (Phi) is 17.9. The zero-order valence-corrected chi connectivity index (χ0v) is 24.2. The molecular formula is C30H50O8. The van der Waals surface area contributed by atoms with Gasteiger partial charge in [0.25, 0.3) is 5.97 Å². The van der Waals surface area contributed by atoms with Crippen molar-refractivity contribution in [3.63, 3.8) is 0 Å². The predicted molar refractivity (Wildman–Crippen MR) is 147 cm³/mol. The number of carboxylic acid groups (broad SMARTS) is 1. The normalized spacial score (nSPS) is 13.3. The molecule has 0 radical (unpaired) electrons. The van der Waals surface area contributed by atoms with E-state index < -0.39 is 30.5 Å². The number of carboxylic acids is 1. The molecule has 2 atom stereocenters. The molecule has 0 saturated carbocycles. The molecule has 8 nitrogen and oxygen atoms in total. The number of unbranched alkanes of at least 4 members (excludes halogenated alkanes) is 10. The molecule has 1 aromatic rings. The van der Waals surface area contributed by atoms with Gasteiger partial charge in [-0.1, -0.05) is 90.2 Å². The van der Waals surface area contributed by atoms with Crippen molar-refractivity contribution in [1.82, 2.24) is 0 Å². The SMILES string of the molecule is CCCCCCCCOC(C)(OCCCCCCCC)OC(C)OC(C)OC(=O)c1ccccc1C(=O)O. The number of carbonyl (C=O) groups excluding carboxylic acids is 1. The lowest BCUT2D eigenvalue weighted by molar-refractivity contribution is -0.415. The second kappa shape index (κ2) is 20.0. The van der Waals surface area contributed by atoms with Crippen LogP contribution in [0.5, 0.6) is 0 Å². The van der Waals surface area contributed by atoms with Crippen LogP contribution in [0.2, 0.25) is 0 Å². The predicted octanol–water partition coefficient (Wildman–Crippen LogP) is 7.69. The molecule has 0 bridgehead atoms. The number of carbonyl (C=O) groups is 2. The summed E-state index contributed by atoms with van der Waals surface area (Å²) in [5.74, 6) is -3.29. The van der Waals surface area contributed by atoms with E-state index >= 15 is 0 Å². The standard InChI is InChI=1S/C30H50O8/c1-6-8-10-12-14-18-22-34-30(5,35-23-19-15-13-11-9-7-2)38-25(4)36-24(3)37-29(33)27-21-17-16-20-26(27)28(31)32/h16-17,20-21,24-25H,6-15,18-19,22-23H2,1-5H3,(H,31,32). The van der Waals surface area contributed by atoms with Crippen LogP contribution in [0.25, 0.3) is 0 Å². The van der Waals surface area contributed by atoms with Gasteiger partial charge in [0.2, 0.25) is 6.29 Å². The molecule has 1 aromatic carbocycles. The fraction of sp³-hybridized carbons (Fsp3) is 0.733. The summed E-state index contributed by atoms with van der Waals surface area (Å²) in [4.78, 5) is 23.9. The fourth-order valence-electron chi connectivity index (χ4n) is 4.08. The van der Waals surface area contributed by atoms with Gasteiger partial charge in [-0.3, -0.25) is 4.74 Å². The lowest BCUT2D eigenvalue weighted by Crippen LogP contribution is -2.41. The van der Waals surface area contributed by atoms with E-state index in [-0.39, 0.29) is 11.1 Å². The molecule has 0 aliphatic rings. The lowest BCUT2D eigenvalue weighted by Gasteiger charge is -2.33. The second-order valence-corrected chi connectivity index (χ2v) is 9.74. The minimum atomic E-state index is -1.30. The molecule has 2 unspecified atom stereocenters. The third-order valence-corrected chi connectivity index (χ3v) is 6.14. The molecule has 1 N–H and O–H groups in total. The summed E-state index contributed by atoms with van der Waals surface area (Å²) in [6.45, 7) is 10.4. The number of benzene rings is 1. The van der Waals surface area contributed by atoms with Crippen LogP contribution in [0.15, 0.2) is 24.3 Å². The first-order valence-corrected chi connectivity index (χ1v) is 14.4. The summed E-state index contributed by atoms with van der Waals surface area (Å²) in [6.07, 6.45) is 12.0. The summed E-state index contributed by atoms with van der Waals surface area (Å²) in [6, 6.07) is 5.88. The molecule has 0 fully saturated rings. The number of hydrogen-bond donors (Lipinski definition) is 1. The summed E-state index contributed by atoms with van der Waals surface area (Å²) in [7, 11) is 0. The first kappa shape index (κ1) is 34.0. The maximum Gasteiger partial charge on any atom is 0.341 e. The monoisotopic (exact) mass is 538 g/mol. The highest BCUT2D eigenvalue weighted by molar-refractivity contribution is 6.02. The maximum atomic E-state index is 12.5. The highest BCUT2D eigenvalue weighted by Gasteiger charge is 2.31. The van der Waals surface area contributed by atoms with Crippen LogP contribution in [0, 0.1) is 0 Å². The van der Waals surface area contributed by atoms with Crippen LogP contribution in [0.1, 0.15) is 132 Å². The van der Waals surface area contributed by atoms with Crippen molar-refractivity contribution in [2.24, 2.45) is 0 Å². The van der Waals surface area contributed by atoms with Crippen molar-refractivity contribution < 1.29 is 38.4 Å². The van der Waals surface area contributed by atoms with Crippen LogP contribution in [0.4, 0.5) is 0 Å². The Labute approximate surface area is 229 Å². The zero-order valence-electron chi connectivity index (χ0n) is 24.2. The fourth-order valence-corrected chi connectivity index (χ4v) is 4.08. The van der Waals surface area contributed by atoms with Crippen molar-refractivity contribution >= 4 is 11.9 Å². The van der Waals surface area contributed by atoms with Gasteiger partial charge in [-0.05, 0) is 38.8 Å². The van der Waals surface area contributed by atoms with Gasteiger partial charge in [-0.25, -0.2) is 9.59 Å². The highest BCUT2D eigenvalue weighted by atomic mass is 16.9. The van der Waals surface area contributed by atoms with Crippen LogP contribution >= 0.6 is 0 Å². The third kappa shape index (κ3) is 14.8. The molecule has 218 valence electrons. The molecule has 0 saturated heterocycles. The molecule has 0 aliphatic heterocycles. The quantitative estimate of drug-likeness (QED) is 0.0859. The smallest absolute Gasteiger partial charge is 0.341 e. The molecule has 0 amide bonds. The number of ether oxygens (including phenoxy) is 5. The van der Waals surface area contributed by atoms with Gasteiger partial charge in [0, 0.05) is 6.92 Å². The van der Waals surface area contributed by atoms with Crippen molar-refractivity contribution in [2.75, 3.05) is 13.2 Å². The van der Waals surface area contributed by atoms with Gasteiger partial charge in [-0.2, -0.15) is 0 Å². The van der Waals surface area contributed by atoms with Crippen molar-refractivity contribution in [3.05, 3.63) is 35.4 Å². The summed E-state index contributed by atoms with van der Waals surface area (Å²) < 4.78 is 29.1. The van der Waals surface area contributed by atoms with Crippen molar-refractivity contribution in [2.45, 2.75) is 130 Å². The van der Waals surface area contributed by atoms with Gasteiger partial charge < -0.3 is 24.1 Å². The van der Waals surface area contributed by atoms with E-state index in [4.69, 9.17) is 23.7 Å². The van der Waals surface area contributed by atoms with Gasteiger partial charge in [0.05, 0.1) is 24.3 Å². The molecule has 0 aromatic heterocycles. The summed E-state index contributed by atoms with van der Waals surface area (Å²) >= 11 is 0. The molecule has 38 heavy (non-hydrogen) atoms. The first-order valence-electron chi connectivity index (χ1n) is 14.4. The van der Waals surface area contributed by atoms with Gasteiger partial charge in [-0.15, -0.1) is 0 Å². The van der Waals surface area contributed by atoms with E-state index in [9.17, 15) is 14.7 Å². The summed E-state index contributed by atoms with van der Waals surface area (Å²) in [5.41, 5.74) is -0.175. The van der Waals surface area contributed by atoms with E-state index in [1.54, 1.807) is 32.9 Å². The molecule has 1 rings (SSSR count). The van der Waals surface area contributed by atoms with E-state index in [2.05, 4.69) is 13.8 Å². The number of hydrogen-bond acceptors (Lipinski definition) is 7. The second-order valence-electron chi connectivity index (χ2n) is 9.74. The lowest BCUT2D eigenvalue weighted by atomic mass is 10.1. The Morgan fingerprint density at radius 2 is 1.24 bits per heavy atom. The maximum absolute atomic E-state index is 12.5.